The summed E-state index contributed by atoms with van der Waals surface area (Å²) >= 11 is 6.51. The molecular formula is C28H33NO5S2. The number of carboxylic acids is 1. The summed E-state index contributed by atoms with van der Waals surface area (Å²) in [6.07, 6.45) is 8.84. The summed E-state index contributed by atoms with van der Waals surface area (Å²) in [5.41, 5.74) is 1.24. The standard InChI is InChI=1S/C28H33NO5S2/c1-3-5-6-7-8-12-17-34-22-16-15-20(18-23(22)33-4-2)19-24-26(30)29(28(35)36-24)25(27(31)32)21-13-10-9-11-14-21/h9-11,13-16,18-19,25H,3-8,12,17H2,1-2H3,(H,31,32)/b24-19+/t25-/m1/s1. The molecule has 1 aliphatic rings. The van der Waals surface area contributed by atoms with Gasteiger partial charge in [0.05, 0.1) is 18.1 Å². The van der Waals surface area contributed by atoms with Crippen molar-refractivity contribution in [3.63, 3.8) is 0 Å². The molecule has 0 aromatic heterocycles. The second-order valence-corrected chi connectivity index (χ2v) is 10.1. The van der Waals surface area contributed by atoms with E-state index in [4.69, 9.17) is 21.7 Å². The summed E-state index contributed by atoms with van der Waals surface area (Å²) in [6.45, 7) is 5.22. The molecule has 0 aliphatic carbocycles. The van der Waals surface area contributed by atoms with E-state index in [-0.39, 0.29) is 4.32 Å². The number of hydrogen-bond donors (Lipinski definition) is 1. The fourth-order valence-electron chi connectivity index (χ4n) is 3.96. The van der Waals surface area contributed by atoms with E-state index < -0.39 is 17.9 Å². The fourth-order valence-corrected chi connectivity index (χ4v) is 5.27. The molecule has 0 unspecified atom stereocenters. The highest BCUT2D eigenvalue weighted by Crippen LogP contribution is 2.39. The average Bonchev–Trinajstić information content (AvgIpc) is 3.13. The van der Waals surface area contributed by atoms with Crippen LogP contribution < -0.4 is 9.47 Å². The number of nitrogens with zero attached hydrogens (tertiary/aromatic N) is 1. The number of amides is 1. The lowest BCUT2D eigenvalue weighted by atomic mass is 10.1. The molecule has 8 heteroatoms. The van der Waals surface area contributed by atoms with E-state index in [9.17, 15) is 14.7 Å². The summed E-state index contributed by atoms with van der Waals surface area (Å²) in [4.78, 5) is 26.8. The quantitative estimate of drug-likeness (QED) is 0.164. The SMILES string of the molecule is CCCCCCCCOc1ccc(/C=C2/SC(=S)N([C@@H](C(=O)O)c3ccccc3)C2=O)cc1OCC. The van der Waals surface area contributed by atoms with Crippen LogP contribution >= 0.6 is 24.0 Å². The van der Waals surface area contributed by atoms with Crippen LogP contribution in [0, 0.1) is 0 Å². The van der Waals surface area contributed by atoms with Crippen LogP contribution in [0.3, 0.4) is 0 Å². The van der Waals surface area contributed by atoms with Crippen LogP contribution in [0.1, 0.15) is 69.5 Å². The second-order valence-electron chi connectivity index (χ2n) is 8.46. The highest BCUT2D eigenvalue weighted by Gasteiger charge is 2.41. The van der Waals surface area contributed by atoms with Gasteiger partial charge in [0.15, 0.2) is 17.5 Å². The molecular weight excluding hydrogens is 494 g/mol. The molecule has 1 N–H and O–H groups in total. The molecule has 1 amide bonds. The van der Waals surface area contributed by atoms with Gasteiger partial charge in [-0.05, 0) is 42.7 Å². The molecule has 0 radical (unpaired) electrons. The third-order valence-corrected chi connectivity index (χ3v) is 7.08. The van der Waals surface area contributed by atoms with E-state index in [1.165, 1.54) is 30.6 Å². The minimum atomic E-state index is -1.18. The third kappa shape index (κ3) is 7.34. The van der Waals surface area contributed by atoms with E-state index in [2.05, 4.69) is 6.92 Å². The zero-order valence-corrected chi connectivity index (χ0v) is 22.4. The molecule has 0 bridgehead atoms. The van der Waals surface area contributed by atoms with Crippen molar-refractivity contribution in [2.75, 3.05) is 13.2 Å². The van der Waals surface area contributed by atoms with Crippen LogP contribution in [0.15, 0.2) is 53.4 Å². The number of thioether (sulfide) groups is 1. The number of benzene rings is 2. The number of carbonyl (C=O) groups excluding carboxylic acids is 1. The van der Waals surface area contributed by atoms with Crippen molar-refractivity contribution in [2.45, 2.75) is 58.4 Å². The molecule has 2 aromatic carbocycles. The third-order valence-electron chi connectivity index (χ3n) is 5.75. The van der Waals surface area contributed by atoms with Gasteiger partial charge in [-0.3, -0.25) is 9.69 Å². The van der Waals surface area contributed by atoms with Crippen molar-refractivity contribution >= 4 is 46.3 Å². The summed E-state index contributed by atoms with van der Waals surface area (Å²) in [7, 11) is 0. The monoisotopic (exact) mass is 527 g/mol. The predicted molar refractivity (Wildman–Crippen MR) is 148 cm³/mol. The van der Waals surface area contributed by atoms with Crippen LogP contribution in [0.4, 0.5) is 0 Å². The molecule has 0 saturated carbocycles. The minimum Gasteiger partial charge on any atom is -0.490 e. The number of unbranched alkanes of at least 4 members (excludes halogenated alkanes) is 5. The molecule has 2 aromatic rings. The summed E-state index contributed by atoms with van der Waals surface area (Å²) in [6, 6.07) is 13.0. The van der Waals surface area contributed by atoms with Crippen molar-refractivity contribution in [1.29, 1.82) is 0 Å². The Balaban J connectivity index is 1.73. The van der Waals surface area contributed by atoms with E-state index in [0.29, 0.717) is 35.2 Å². The van der Waals surface area contributed by atoms with E-state index >= 15 is 0 Å². The summed E-state index contributed by atoms with van der Waals surface area (Å²) < 4.78 is 12.0. The molecule has 1 fully saturated rings. The number of carboxylic acid groups (broad SMARTS) is 1. The van der Waals surface area contributed by atoms with Gasteiger partial charge in [0.2, 0.25) is 0 Å². The van der Waals surface area contributed by atoms with Crippen LogP contribution in [-0.4, -0.2) is 39.4 Å². The lowest BCUT2D eigenvalue weighted by molar-refractivity contribution is -0.145. The van der Waals surface area contributed by atoms with Crippen molar-refractivity contribution in [1.82, 2.24) is 4.90 Å². The second kappa shape index (κ2) is 14.0. The summed E-state index contributed by atoms with van der Waals surface area (Å²) in [5.74, 6) is -0.280. The highest BCUT2D eigenvalue weighted by molar-refractivity contribution is 8.26. The van der Waals surface area contributed by atoms with Crippen molar-refractivity contribution < 1.29 is 24.2 Å². The Hall–Kier alpha value is -2.84. The molecule has 3 rings (SSSR count). The van der Waals surface area contributed by atoms with Gasteiger partial charge in [0.25, 0.3) is 5.91 Å². The number of aliphatic carboxylic acids is 1. The maximum atomic E-state index is 13.2. The van der Waals surface area contributed by atoms with Gasteiger partial charge in [-0.15, -0.1) is 0 Å². The molecule has 0 spiro atoms. The molecule has 1 heterocycles. The Morgan fingerprint density at radius 2 is 1.75 bits per heavy atom. The van der Waals surface area contributed by atoms with Gasteiger partial charge < -0.3 is 14.6 Å². The molecule has 1 atom stereocenters. The number of thiocarbonyl (C=S) groups is 1. The Labute approximate surface area is 222 Å². The predicted octanol–water partition coefficient (Wildman–Crippen LogP) is 6.85. The molecule has 6 nitrogen and oxygen atoms in total. The van der Waals surface area contributed by atoms with Crippen molar-refractivity contribution in [3.8, 4) is 11.5 Å². The van der Waals surface area contributed by atoms with Gasteiger partial charge in [-0.2, -0.15) is 0 Å². The number of rotatable bonds is 14. The zero-order chi connectivity index (χ0) is 25.9. The number of hydrogen-bond acceptors (Lipinski definition) is 6. The van der Waals surface area contributed by atoms with Crippen LogP contribution in [0.2, 0.25) is 0 Å². The van der Waals surface area contributed by atoms with Gasteiger partial charge >= 0.3 is 5.97 Å². The normalized spacial score (nSPS) is 15.4. The van der Waals surface area contributed by atoms with Crippen molar-refractivity contribution in [2.24, 2.45) is 0 Å². The van der Waals surface area contributed by atoms with Crippen LogP contribution in [0.5, 0.6) is 11.5 Å². The van der Waals surface area contributed by atoms with Crippen LogP contribution in [-0.2, 0) is 9.59 Å². The first-order chi connectivity index (χ1) is 17.5. The molecule has 36 heavy (non-hydrogen) atoms. The van der Waals surface area contributed by atoms with E-state index in [1.54, 1.807) is 36.4 Å². The molecule has 1 aliphatic heterocycles. The molecule has 192 valence electrons. The fraction of sp³-hybridized carbons (Fsp3) is 0.393. The van der Waals surface area contributed by atoms with E-state index in [0.717, 1.165) is 30.2 Å². The Bertz CT molecular complexity index is 1090. The van der Waals surface area contributed by atoms with Gasteiger partial charge in [0, 0.05) is 0 Å². The largest absolute Gasteiger partial charge is 0.490 e. The van der Waals surface area contributed by atoms with Gasteiger partial charge in [0.1, 0.15) is 4.32 Å². The smallest absolute Gasteiger partial charge is 0.331 e. The first kappa shape index (κ1) is 27.7. The van der Waals surface area contributed by atoms with Crippen molar-refractivity contribution in [3.05, 3.63) is 64.6 Å². The van der Waals surface area contributed by atoms with Crippen LogP contribution in [0.25, 0.3) is 6.08 Å². The topological polar surface area (TPSA) is 76.1 Å². The van der Waals surface area contributed by atoms with Gasteiger partial charge in [-0.1, -0.05) is 99.4 Å². The van der Waals surface area contributed by atoms with Gasteiger partial charge in [-0.25, -0.2) is 4.79 Å². The maximum absolute atomic E-state index is 13.2. The Morgan fingerprint density at radius 3 is 2.44 bits per heavy atom. The lowest BCUT2D eigenvalue weighted by Crippen LogP contribution is -2.37. The first-order valence-corrected chi connectivity index (χ1v) is 13.6. The Kier molecular flexibility index (Phi) is 10.8. The molecule has 1 saturated heterocycles. The highest BCUT2D eigenvalue weighted by atomic mass is 32.2. The zero-order valence-electron chi connectivity index (χ0n) is 20.8. The summed E-state index contributed by atoms with van der Waals surface area (Å²) in [5, 5.41) is 9.85. The maximum Gasteiger partial charge on any atom is 0.331 e. The number of carbonyl (C=O) groups is 2. The number of ether oxygens (including phenoxy) is 2. The Morgan fingerprint density at radius 1 is 1.03 bits per heavy atom. The first-order valence-electron chi connectivity index (χ1n) is 12.4. The lowest BCUT2D eigenvalue weighted by Gasteiger charge is -2.23. The average molecular weight is 528 g/mol. The van der Waals surface area contributed by atoms with E-state index in [1.807, 2.05) is 25.1 Å². The minimum absolute atomic E-state index is 0.214.